The van der Waals surface area contributed by atoms with E-state index in [0.717, 1.165) is 5.11 Å². The average molecular weight is 228 g/mol. The first-order valence-electron chi connectivity index (χ1n) is 6.22. The summed E-state index contributed by atoms with van der Waals surface area (Å²) in [6.45, 7) is 4.45. The molecular weight excluding hydrogens is 204 g/mol. The monoisotopic (exact) mass is 228 g/mol. The predicted octanol–water partition coefficient (Wildman–Crippen LogP) is 2.92. The van der Waals surface area contributed by atoms with E-state index in [9.17, 15) is 0 Å². The number of rotatable bonds is 4. The van der Waals surface area contributed by atoms with Gasteiger partial charge in [-0.25, -0.2) is 0 Å². The number of nitrogens with one attached hydrogen (secondary N) is 1. The molecule has 3 heteroatoms. The van der Waals surface area contributed by atoms with Gasteiger partial charge in [0.05, 0.1) is 0 Å². The van der Waals surface area contributed by atoms with Gasteiger partial charge in [-0.3, -0.25) is 0 Å². The lowest BCUT2D eigenvalue weighted by Gasteiger charge is -2.30. The van der Waals surface area contributed by atoms with Gasteiger partial charge in [0.25, 0.3) is 0 Å². The van der Waals surface area contributed by atoms with Crippen LogP contribution in [0.2, 0.25) is 0 Å². The predicted molar refractivity (Wildman–Crippen MR) is 70.1 cm³/mol. The molecule has 0 aromatic rings. The quantitative estimate of drug-likeness (QED) is 0.745. The maximum Gasteiger partial charge on any atom is 0.169 e. The Labute approximate surface area is 99.4 Å². The minimum atomic E-state index is 0.589. The highest BCUT2D eigenvalue weighted by atomic mass is 32.1. The molecule has 1 N–H and O–H groups in total. The molecule has 0 amide bonds. The molecule has 88 valence electrons. The van der Waals surface area contributed by atoms with Crippen LogP contribution in [0.5, 0.6) is 0 Å². The molecular formula is C12H24N2S. The number of nitrogens with zero attached hydrogens (tertiary/aromatic N) is 1. The van der Waals surface area contributed by atoms with Crippen molar-refractivity contribution in [3.63, 3.8) is 0 Å². The number of thiocarbonyl (C=S) groups is 1. The van der Waals surface area contributed by atoms with Gasteiger partial charge in [-0.05, 0) is 37.9 Å². The summed E-state index contributed by atoms with van der Waals surface area (Å²) in [4.78, 5) is 2.23. The zero-order valence-corrected chi connectivity index (χ0v) is 11.1. The lowest BCUT2D eigenvalue weighted by molar-refractivity contribution is 0.337. The summed E-state index contributed by atoms with van der Waals surface area (Å²) in [6, 6.07) is 1.22. The first-order chi connectivity index (χ1) is 7.19. The molecule has 1 saturated carbocycles. The van der Waals surface area contributed by atoms with Crippen LogP contribution in [0.3, 0.4) is 0 Å². The van der Waals surface area contributed by atoms with Gasteiger partial charge in [-0.2, -0.15) is 0 Å². The molecule has 0 saturated heterocycles. The minimum Gasteiger partial charge on any atom is -0.360 e. The highest BCUT2D eigenvalue weighted by molar-refractivity contribution is 7.80. The minimum absolute atomic E-state index is 0.589. The van der Waals surface area contributed by atoms with Crippen molar-refractivity contribution in [1.29, 1.82) is 0 Å². The zero-order valence-electron chi connectivity index (χ0n) is 10.3. The smallest absolute Gasteiger partial charge is 0.169 e. The molecule has 0 aromatic carbocycles. The van der Waals surface area contributed by atoms with Crippen molar-refractivity contribution in [2.24, 2.45) is 0 Å². The molecule has 0 heterocycles. The van der Waals surface area contributed by atoms with Gasteiger partial charge in [0, 0.05) is 19.1 Å². The Bertz CT molecular complexity index is 196. The van der Waals surface area contributed by atoms with Crippen LogP contribution < -0.4 is 5.32 Å². The van der Waals surface area contributed by atoms with Crippen molar-refractivity contribution in [1.82, 2.24) is 10.2 Å². The normalized spacial score (nSPS) is 17.1. The van der Waals surface area contributed by atoms with Gasteiger partial charge < -0.3 is 10.2 Å². The highest BCUT2D eigenvalue weighted by Gasteiger charge is 2.19. The molecule has 0 unspecified atom stereocenters. The second-order valence-corrected chi connectivity index (χ2v) is 4.90. The third-order valence-electron chi connectivity index (χ3n) is 3.49. The summed E-state index contributed by atoms with van der Waals surface area (Å²) in [5.74, 6) is 0. The van der Waals surface area contributed by atoms with Gasteiger partial charge >= 0.3 is 0 Å². The van der Waals surface area contributed by atoms with E-state index in [1.165, 1.54) is 38.5 Å². The van der Waals surface area contributed by atoms with E-state index in [1.54, 1.807) is 0 Å². The molecule has 2 nitrogen and oxygen atoms in total. The highest BCUT2D eigenvalue weighted by Crippen LogP contribution is 2.18. The Morgan fingerprint density at radius 2 is 1.87 bits per heavy atom. The van der Waals surface area contributed by atoms with E-state index < -0.39 is 0 Å². The Balaban J connectivity index is 2.37. The number of hydrogen-bond acceptors (Lipinski definition) is 1. The molecule has 1 aliphatic carbocycles. The molecule has 0 bridgehead atoms. The summed E-state index contributed by atoms with van der Waals surface area (Å²) >= 11 is 5.44. The fraction of sp³-hybridized carbons (Fsp3) is 0.917. The summed E-state index contributed by atoms with van der Waals surface area (Å²) in [5, 5.41) is 4.43. The second kappa shape index (κ2) is 6.31. The third-order valence-corrected chi connectivity index (χ3v) is 3.90. The van der Waals surface area contributed by atoms with Crippen LogP contribution in [0.1, 0.15) is 52.4 Å². The van der Waals surface area contributed by atoms with Crippen LogP contribution in [-0.4, -0.2) is 29.1 Å². The Morgan fingerprint density at radius 1 is 1.33 bits per heavy atom. The maximum absolute atomic E-state index is 5.44. The summed E-state index contributed by atoms with van der Waals surface area (Å²) in [7, 11) is 2.11. The average Bonchev–Trinajstić information content (AvgIpc) is 2.72. The van der Waals surface area contributed by atoms with Crippen molar-refractivity contribution in [2.45, 2.75) is 64.5 Å². The summed E-state index contributed by atoms with van der Waals surface area (Å²) in [5.41, 5.74) is 0. The largest absolute Gasteiger partial charge is 0.360 e. The topological polar surface area (TPSA) is 15.3 Å². The first kappa shape index (κ1) is 12.8. The van der Waals surface area contributed by atoms with Crippen LogP contribution in [0, 0.1) is 0 Å². The molecule has 0 spiro atoms. The molecule has 1 fully saturated rings. The van der Waals surface area contributed by atoms with Crippen LogP contribution in [0.15, 0.2) is 0 Å². The molecule has 0 radical (unpaired) electrons. The Hall–Kier alpha value is -0.310. The van der Waals surface area contributed by atoms with Gasteiger partial charge in [-0.1, -0.05) is 26.7 Å². The fourth-order valence-electron chi connectivity index (χ4n) is 2.35. The standard InChI is InChI=1S/C12H24N2S/c1-4-11(5-2)14(3)12(15)13-10-8-6-7-9-10/h10-11H,4-9H2,1-3H3,(H,13,15). The van der Waals surface area contributed by atoms with Crippen molar-refractivity contribution < 1.29 is 0 Å². The lowest BCUT2D eigenvalue weighted by atomic mass is 10.1. The summed E-state index contributed by atoms with van der Waals surface area (Å²) in [6.07, 6.45) is 7.62. The van der Waals surface area contributed by atoms with E-state index in [4.69, 9.17) is 12.2 Å². The molecule has 0 aliphatic heterocycles. The van der Waals surface area contributed by atoms with E-state index >= 15 is 0 Å². The van der Waals surface area contributed by atoms with E-state index in [0.29, 0.717) is 12.1 Å². The third kappa shape index (κ3) is 3.63. The van der Waals surface area contributed by atoms with Crippen LogP contribution >= 0.6 is 12.2 Å². The van der Waals surface area contributed by atoms with Crippen LogP contribution in [0.4, 0.5) is 0 Å². The Kier molecular flexibility index (Phi) is 5.37. The SMILES string of the molecule is CCC(CC)N(C)C(=S)NC1CCCC1. The zero-order chi connectivity index (χ0) is 11.3. The molecule has 0 atom stereocenters. The fourth-order valence-corrected chi connectivity index (χ4v) is 2.66. The maximum atomic E-state index is 5.44. The lowest BCUT2D eigenvalue weighted by Crippen LogP contribution is -2.46. The van der Waals surface area contributed by atoms with Gasteiger partial charge in [0.1, 0.15) is 0 Å². The molecule has 1 aliphatic rings. The number of hydrogen-bond donors (Lipinski definition) is 1. The van der Waals surface area contributed by atoms with Crippen LogP contribution in [0.25, 0.3) is 0 Å². The first-order valence-corrected chi connectivity index (χ1v) is 6.63. The van der Waals surface area contributed by atoms with Crippen LogP contribution in [-0.2, 0) is 0 Å². The van der Waals surface area contributed by atoms with Gasteiger partial charge in [0.2, 0.25) is 0 Å². The molecule has 1 rings (SSSR count). The molecule has 15 heavy (non-hydrogen) atoms. The van der Waals surface area contributed by atoms with E-state index in [1.807, 2.05) is 0 Å². The van der Waals surface area contributed by atoms with E-state index in [-0.39, 0.29) is 0 Å². The van der Waals surface area contributed by atoms with Gasteiger partial charge in [0.15, 0.2) is 5.11 Å². The van der Waals surface area contributed by atoms with E-state index in [2.05, 4.69) is 31.1 Å². The summed E-state index contributed by atoms with van der Waals surface area (Å²) < 4.78 is 0. The second-order valence-electron chi connectivity index (χ2n) is 4.51. The van der Waals surface area contributed by atoms with Crippen molar-refractivity contribution in [3.8, 4) is 0 Å². The van der Waals surface area contributed by atoms with Gasteiger partial charge in [-0.15, -0.1) is 0 Å². The molecule has 0 aromatic heterocycles. The van der Waals surface area contributed by atoms with Crippen molar-refractivity contribution in [3.05, 3.63) is 0 Å². The van der Waals surface area contributed by atoms with Crippen molar-refractivity contribution in [2.75, 3.05) is 7.05 Å². The van der Waals surface area contributed by atoms with Crippen molar-refractivity contribution >= 4 is 17.3 Å². The Morgan fingerprint density at radius 3 is 2.33 bits per heavy atom.